The summed E-state index contributed by atoms with van der Waals surface area (Å²) < 4.78 is 1.97. The molecule has 0 aliphatic carbocycles. The van der Waals surface area contributed by atoms with Gasteiger partial charge in [-0.15, -0.1) is 0 Å². The van der Waals surface area contributed by atoms with Gasteiger partial charge >= 0.3 is 0 Å². The maximum absolute atomic E-state index is 2.29. The molecular weight excluding hydrogens is 232 g/mol. The van der Waals surface area contributed by atoms with Crippen LogP contribution in [0.2, 0.25) is 0 Å². The van der Waals surface area contributed by atoms with Crippen LogP contribution in [0.15, 0.2) is 24.3 Å². The molecular formula is C17H32N2+2. The van der Waals surface area contributed by atoms with Crippen molar-refractivity contribution in [1.82, 2.24) is 4.48 Å². The van der Waals surface area contributed by atoms with E-state index in [1.54, 1.807) is 0 Å². The summed E-state index contributed by atoms with van der Waals surface area (Å²) in [6.07, 6.45) is 5.20. The first-order valence-corrected chi connectivity index (χ1v) is 7.40. The van der Waals surface area contributed by atoms with Crippen molar-refractivity contribution in [3.8, 4) is 0 Å². The average Bonchev–Trinajstić information content (AvgIpc) is 2.26. The fourth-order valence-electron chi connectivity index (χ4n) is 2.20. The van der Waals surface area contributed by atoms with Gasteiger partial charge in [-0.2, -0.15) is 0 Å². The minimum absolute atomic E-state index is 0.893. The van der Waals surface area contributed by atoms with Gasteiger partial charge in [-0.25, -0.2) is 0 Å². The molecule has 0 saturated carbocycles. The van der Waals surface area contributed by atoms with E-state index in [1.807, 2.05) is 0 Å². The van der Waals surface area contributed by atoms with Crippen molar-refractivity contribution < 1.29 is 4.48 Å². The highest BCUT2D eigenvalue weighted by Gasteiger charge is 2.11. The van der Waals surface area contributed by atoms with Crippen LogP contribution in [0, 0.1) is 0 Å². The van der Waals surface area contributed by atoms with E-state index in [-0.39, 0.29) is 0 Å². The predicted molar refractivity (Wildman–Crippen MR) is 86.5 cm³/mol. The lowest BCUT2D eigenvalue weighted by Gasteiger charge is -2.24. The molecule has 0 atom stereocenters. The Morgan fingerprint density at radius 1 is 0.737 bits per heavy atom. The Balaban J connectivity index is 2.31. The Morgan fingerprint density at radius 2 is 1.32 bits per heavy atom. The predicted octanol–water partition coefficient (Wildman–Crippen LogP) is 3.30. The van der Waals surface area contributed by atoms with E-state index in [4.69, 9.17) is 0 Å². The lowest BCUT2D eigenvalue weighted by molar-refractivity contribution is -0.870. The minimum atomic E-state index is 0.893. The Kier molecular flexibility index (Phi) is 5.57. The van der Waals surface area contributed by atoms with E-state index in [0.717, 1.165) is 8.97 Å². The molecule has 0 aromatic heterocycles. The standard InChI is InChI=1S/C17H32N2/c1-18(2,3)15-9-7-8-10-16-11-13-17(14-12-16)19(4,5)6/h11-14H,7-10,15H2,1-6H3/q+2. The van der Waals surface area contributed by atoms with Crippen LogP contribution in [0.3, 0.4) is 0 Å². The zero-order chi connectivity index (χ0) is 14.5. The summed E-state index contributed by atoms with van der Waals surface area (Å²) in [4.78, 5) is 0. The van der Waals surface area contributed by atoms with E-state index >= 15 is 0 Å². The monoisotopic (exact) mass is 264 g/mol. The van der Waals surface area contributed by atoms with E-state index in [1.165, 1.54) is 43.5 Å². The van der Waals surface area contributed by atoms with Gasteiger partial charge in [-0.1, -0.05) is 12.1 Å². The van der Waals surface area contributed by atoms with Crippen molar-refractivity contribution in [3.05, 3.63) is 29.8 Å². The second-order valence-corrected chi connectivity index (χ2v) is 7.50. The zero-order valence-electron chi connectivity index (χ0n) is 13.7. The molecule has 0 fully saturated rings. The van der Waals surface area contributed by atoms with Crippen LogP contribution >= 0.6 is 0 Å². The largest absolute Gasteiger partial charge is 0.331 e. The van der Waals surface area contributed by atoms with E-state index in [9.17, 15) is 0 Å². The topological polar surface area (TPSA) is 0 Å². The van der Waals surface area contributed by atoms with Crippen LogP contribution in [0.5, 0.6) is 0 Å². The maximum atomic E-state index is 2.29. The van der Waals surface area contributed by atoms with Gasteiger partial charge < -0.3 is 4.48 Å². The summed E-state index contributed by atoms with van der Waals surface area (Å²) in [5.41, 5.74) is 2.84. The summed E-state index contributed by atoms with van der Waals surface area (Å²) in [6, 6.07) is 9.11. The third-order valence-electron chi connectivity index (χ3n) is 3.51. The Hall–Kier alpha value is -0.860. The molecule has 1 aromatic rings. The minimum Gasteiger partial charge on any atom is -0.331 e. The number of nitrogens with zero attached hydrogens (tertiary/aromatic N) is 2. The quantitative estimate of drug-likeness (QED) is 0.523. The normalized spacial score (nSPS) is 12.7. The van der Waals surface area contributed by atoms with Gasteiger partial charge in [-0.05, 0) is 43.4 Å². The summed E-state index contributed by atoms with van der Waals surface area (Å²) in [6.45, 7) is 1.28. The second-order valence-electron chi connectivity index (χ2n) is 7.50. The number of hydrogen-bond acceptors (Lipinski definition) is 0. The number of aryl methyl sites for hydroxylation is 1. The van der Waals surface area contributed by atoms with Crippen molar-refractivity contribution in [2.75, 3.05) is 48.8 Å². The molecule has 0 saturated heterocycles. The van der Waals surface area contributed by atoms with Gasteiger partial charge in [0, 0.05) is 0 Å². The molecule has 0 aliphatic heterocycles. The third-order valence-corrected chi connectivity index (χ3v) is 3.51. The molecule has 0 N–H and O–H groups in total. The maximum Gasteiger partial charge on any atom is 0.132 e. The van der Waals surface area contributed by atoms with Crippen molar-refractivity contribution in [3.63, 3.8) is 0 Å². The van der Waals surface area contributed by atoms with Gasteiger partial charge in [0.15, 0.2) is 0 Å². The second kappa shape index (κ2) is 6.53. The molecule has 0 unspecified atom stereocenters. The summed E-state index contributed by atoms with van der Waals surface area (Å²) in [5, 5.41) is 0. The van der Waals surface area contributed by atoms with E-state index < -0.39 is 0 Å². The molecule has 0 radical (unpaired) electrons. The number of quaternary nitrogens is 2. The number of hydrogen-bond donors (Lipinski definition) is 0. The van der Waals surface area contributed by atoms with E-state index in [2.05, 4.69) is 66.6 Å². The van der Waals surface area contributed by atoms with Crippen LogP contribution in [0.1, 0.15) is 24.8 Å². The van der Waals surface area contributed by atoms with Gasteiger partial charge in [0.1, 0.15) is 5.69 Å². The first kappa shape index (κ1) is 16.2. The molecule has 1 rings (SSSR count). The van der Waals surface area contributed by atoms with Gasteiger partial charge in [0.25, 0.3) is 0 Å². The number of rotatable bonds is 7. The molecule has 0 bridgehead atoms. The summed E-state index contributed by atoms with van der Waals surface area (Å²) in [7, 11) is 13.4. The van der Waals surface area contributed by atoms with E-state index in [0.29, 0.717) is 0 Å². The molecule has 0 amide bonds. The Morgan fingerprint density at radius 3 is 1.79 bits per heavy atom. The van der Waals surface area contributed by atoms with Crippen molar-refractivity contribution >= 4 is 5.69 Å². The van der Waals surface area contributed by atoms with Gasteiger partial charge in [-0.3, -0.25) is 4.48 Å². The van der Waals surface area contributed by atoms with Gasteiger partial charge in [0.05, 0.1) is 48.8 Å². The Bertz CT molecular complexity index is 366. The fourth-order valence-corrected chi connectivity index (χ4v) is 2.20. The van der Waals surface area contributed by atoms with Crippen LogP contribution in [-0.4, -0.2) is 53.3 Å². The van der Waals surface area contributed by atoms with Gasteiger partial charge in [0.2, 0.25) is 0 Å². The van der Waals surface area contributed by atoms with Crippen LogP contribution in [-0.2, 0) is 6.42 Å². The molecule has 0 heterocycles. The molecule has 0 spiro atoms. The zero-order valence-corrected chi connectivity index (χ0v) is 13.7. The van der Waals surface area contributed by atoms with Crippen molar-refractivity contribution in [2.24, 2.45) is 0 Å². The fraction of sp³-hybridized carbons (Fsp3) is 0.647. The highest BCUT2D eigenvalue weighted by molar-refractivity contribution is 5.42. The average molecular weight is 264 g/mol. The lowest BCUT2D eigenvalue weighted by Crippen LogP contribution is -2.35. The first-order valence-electron chi connectivity index (χ1n) is 7.40. The van der Waals surface area contributed by atoms with Crippen LogP contribution in [0.4, 0.5) is 5.69 Å². The highest BCUT2D eigenvalue weighted by Crippen LogP contribution is 2.18. The summed E-state index contributed by atoms with van der Waals surface area (Å²) in [5.74, 6) is 0. The molecule has 2 heteroatoms. The number of unbranched alkanes of at least 4 members (excludes halogenated alkanes) is 2. The first-order chi connectivity index (χ1) is 8.68. The summed E-state index contributed by atoms with van der Waals surface area (Å²) >= 11 is 0. The molecule has 0 aliphatic rings. The smallest absolute Gasteiger partial charge is 0.132 e. The molecule has 108 valence electrons. The lowest BCUT2D eigenvalue weighted by atomic mass is 10.1. The number of benzene rings is 1. The SMILES string of the molecule is C[N+](C)(C)CCCCCc1ccc([N+](C)(C)C)cc1. The molecule has 1 aromatic carbocycles. The van der Waals surface area contributed by atoms with Crippen LogP contribution < -0.4 is 4.48 Å². The highest BCUT2D eigenvalue weighted by atomic mass is 15.3. The Labute approximate surface area is 119 Å². The third kappa shape index (κ3) is 6.74. The van der Waals surface area contributed by atoms with Crippen molar-refractivity contribution in [1.29, 1.82) is 0 Å². The van der Waals surface area contributed by atoms with Crippen LogP contribution in [0.25, 0.3) is 0 Å². The molecule has 19 heavy (non-hydrogen) atoms. The van der Waals surface area contributed by atoms with Crippen molar-refractivity contribution in [2.45, 2.75) is 25.7 Å². The molecule has 2 nitrogen and oxygen atoms in total.